The molecule has 0 atom stereocenters. The highest BCUT2D eigenvalue weighted by Crippen LogP contribution is 2.29. The van der Waals surface area contributed by atoms with Crippen molar-refractivity contribution in [2.24, 2.45) is 5.73 Å². The summed E-state index contributed by atoms with van der Waals surface area (Å²) >= 11 is 0. The molecule has 0 aromatic heterocycles. The molecule has 1 saturated heterocycles. The minimum atomic E-state index is -0.574. The maximum Gasteiger partial charge on any atom is 0.255 e. The lowest BCUT2D eigenvalue weighted by Crippen LogP contribution is -2.36. The van der Waals surface area contributed by atoms with Gasteiger partial charge in [0.25, 0.3) is 5.91 Å². The standard InChI is InChI=1S/C22H25N3O5/c1-28-20-14-16(6-8-19(20)30-15-21(23)26)7-9-22(27)24-17-4-2-3-5-18(17)25-10-12-29-13-11-25/h2-9,14H,10-13,15H2,1H3,(H2,23,26)(H,24,27)/b9-7+. The minimum absolute atomic E-state index is 0.240. The molecular weight excluding hydrogens is 386 g/mol. The molecule has 0 spiro atoms. The monoisotopic (exact) mass is 411 g/mol. The number of carbonyl (C=O) groups is 2. The van der Waals surface area contributed by atoms with Gasteiger partial charge in [-0.1, -0.05) is 18.2 Å². The number of primary amides is 1. The molecule has 158 valence electrons. The first-order valence-corrected chi connectivity index (χ1v) is 9.57. The number of methoxy groups -OCH3 is 1. The van der Waals surface area contributed by atoms with E-state index in [-0.39, 0.29) is 12.5 Å². The number of nitrogens with two attached hydrogens (primary N) is 1. The molecule has 3 rings (SSSR count). The van der Waals surface area contributed by atoms with E-state index in [1.54, 1.807) is 24.3 Å². The summed E-state index contributed by atoms with van der Waals surface area (Å²) in [5.74, 6) is 0.0209. The molecule has 1 aliphatic rings. The molecule has 0 aliphatic carbocycles. The number of nitrogens with one attached hydrogen (secondary N) is 1. The van der Waals surface area contributed by atoms with Crippen LogP contribution in [0.4, 0.5) is 11.4 Å². The molecule has 0 saturated carbocycles. The molecule has 1 aliphatic heterocycles. The first kappa shape index (κ1) is 21.2. The fourth-order valence-corrected chi connectivity index (χ4v) is 3.06. The van der Waals surface area contributed by atoms with E-state index < -0.39 is 5.91 Å². The molecule has 0 bridgehead atoms. The van der Waals surface area contributed by atoms with Crippen molar-refractivity contribution in [1.29, 1.82) is 0 Å². The van der Waals surface area contributed by atoms with Crippen molar-refractivity contribution in [3.05, 3.63) is 54.1 Å². The number of nitrogens with zero attached hydrogens (tertiary/aromatic N) is 1. The van der Waals surface area contributed by atoms with Crippen molar-refractivity contribution in [1.82, 2.24) is 0 Å². The molecule has 2 amide bonds. The van der Waals surface area contributed by atoms with Crippen LogP contribution in [0.25, 0.3) is 6.08 Å². The summed E-state index contributed by atoms with van der Waals surface area (Å²) in [7, 11) is 1.50. The van der Waals surface area contributed by atoms with Crippen LogP contribution < -0.4 is 25.4 Å². The van der Waals surface area contributed by atoms with Crippen molar-refractivity contribution in [2.75, 3.05) is 50.2 Å². The van der Waals surface area contributed by atoms with Crippen LogP contribution in [-0.2, 0) is 14.3 Å². The predicted octanol–water partition coefficient (Wildman–Crippen LogP) is 2.05. The third-order valence-corrected chi connectivity index (χ3v) is 4.50. The van der Waals surface area contributed by atoms with E-state index >= 15 is 0 Å². The Hall–Kier alpha value is -3.52. The van der Waals surface area contributed by atoms with Gasteiger partial charge < -0.3 is 30.2 Å². The van der Waals surface area contributed by atoms with Gasteiger partial charge in [0.1, 0.15) is 0 Å². The van der Waals surface area contributed by atoms with E-state index in [0.717, 1.165) is 30.0 Å². The molecule has 2 aromatic carbocycles. The van der Waals surface area contributed by atoms with Crippen molar-refractivity contribution in [3.63, 3.8) is 0 Å². The predicted molar refractivity (Wildman–Crippen MR) is 115 cm³/mol. The molecule has 0 radical (unpaired) electrons. The smallest absolute Gasteiger partial charge is 0.255 e. The maximum atomic E-state index is 12.5. The van der Waals surface area contributed by atoms with E-state index in [9.17, 15) is 9.59 Å². The first-order valence-electron chi connectivity index (χ1n) is 9.57. The molecular formula is C22H25N3O5. The van der Waals surface area contributed by atoms with Crippen molar-refractivity contribution in [2.45, 2.75) is 0 Å². The van der Waals surface area contributed by atoms with Crippen molar-refractivity contribution < 1.29 is 23.8 Å². The zero-order chi connectivity index (χ0) is 21.3. The number of para-hydroxylation sites is 2. The van der Waals surface area contributed by atoms with Crippen LogP contribution >= 0.6 is 0 Å². The summed E-state index contributed by atoms with van der Waals surface area (Å²) in [6.07, 6.45) is 3.13. The maximum absolute atomic E-state index is 12.5. The Balaban J connectivity index is 1.67. The topological polar surface area (TPSA) is 103 Å². The van der Waals surface area contributed by atoms with E-state index in [1.807, 2.05) is 24.3 Å². The van der Waals surface area contributed by atoms with E-state index in [0.29, 0.717) is 24.7 Å². The average Bonchev–Trinajstić information content (AvgIpc) is 2.77. The van der Waals surface area contributed by atoms with Gasteiger partial charge in [-0.25, -0.2) is 0 Å². The Bertz CT molecular complexity index is 923. The van der Waals surface area contributed by atoms with Crippen LogP contribution in [0.5, 0.6) is 11.5 Å². The van der Waals surface area contributed by atoms with Crippen LogP contribution in [0.3, 0.4) is 0 Å². The largest absolute Gasteiger partial charge is 0.493 e. The molecule has 1 heterocycles. The highest BCUT2D eigenvalue weighted by molar-refractivity contribution is 6.03. The second-order valence-corrected chi connectivity index (χ2v) is 6.60. The second kappa shape index (κ2) is 10.3. The highest BCUT2D eigenvalue weighted by Gasteiger charge is 2.15. The summed E-state index contributed by atoms with van der Waals surface area (Å²) in [5.41, 5.74) is 7.56. The number of amides is 2. The zero-order valence-electron chi connectivity index (χ0n) is 16.8. The molecule has 0 unspecified atom stereocenters. The van der Waals surface area contributed by atoms with Crippen LogP contribution in [-0.4, -0.2) is 51.8 Å². The first-order chi connectivity index (χ1) is 14.6. The van der Waals surface area contributed by atoms with E-state index in [4.69, 9.17) is 19.9 Å². The van der Waals surface area contributed by atoms with E-state index in [2.05, 4.69) is 10.2 Å². The summed E-state index contributed by atoms with van der Waals surface area (Å²) in [5, 5.41) is 2.94. The summed E-state index contributed by atoms with van der Waals surface area (Å²) in [6, 6.07) is 12.8. The fourth-order valence-electron chi connectivity index (χ4n) is 3.06. The normalized spacial score (nSPS) is 13.8. The van der Waals surface area contributed by atoms with Crippen LogP contribution in [0.1, 0.15) is 5.56 Å². The SMILES string of the molecule is COc1cc(/C=C/C(=O)Nc2ccccc2N2CCOCC2)ccc1OCC(N)=O. The number of carbonyl (C=O) groups excluding carboxylic acids is 2. The molecule has 30 heavy (non-hydrogen) atoms. The van der Waals surface area contributed by atoms with Crippen LogP contribution in [0, 0.1) is 0 Å². The molecule has 8 nitrogen and oxygen atoms in total. The number of hydrogen-bond acceptors (Lipinski definition) is 6. The van der Waals surface area contributed by atoms with Gasteiger partial charge in [-0.05, 0) is 35.9 Å². The Labute approximate surface area is 175 Å². The van der Waals surface area contributed by atoms with Gasteiger partial charge in [0.2, 0.25) is 5.91 Å². The lowest BCUT2D eigenvalue weighted by Gasteiger charge is -2.30. The Morgan fingerprint density at radius 2 is 1.93 bits per heavy atom. The quantitative estimate of drug-likeness (QED) is 0.645. The van der Waals surface area contributed by atoms with Crippen molar-refractivity contribution >= 4 is 29.3 Å². The van der Waals surface area contributed by atoms with Crippen LogP contribution in [0.15, 0.2) is 48.5 Å². The number of rotatable bonds is 8. The Morgan fingerprint density at radius 1 is 1.17 bits per heavy atom. The lowest BCUT2D eigenvalue weighted by molar-refractivity contribution is -0.120. The summed E-state index contributed by atoms with van der Waals surface area (Å²) in [4.78, 5) is 25.5. The minimum Gasteiger partial charge on any atom is -0.493 e. The van der Waals surface area contributed by atoms with E-state index in [1.165, 1.54) is 13.2 Å². The van der Waals surface area contributed by atoms with Gasteiger partial charge in [0.05, 0.1) is 31.7 Å². The number of ether oxygens (including phenoxy) is 3. The average molecular weight is 411 g/mol. The van der Waals surface area contributed by atoms with Crippen LogP contribution in [0.2, 0.25) is 0 Å². The third-order valence-electron chi connectivity index (χ3n) is 4.50. The van der Waals surface area contributed by atoms with Gasteiger partial charge >= 0.3 is 0 Å². The van der Waals surface area contributed by atoms with Gasteiger partial charge in [0.15, 0.2) is 18.1 Å². The molecule has 2 aromatic rings. The Kier molecular flexibility index (Phi) is 7.29. The number of morpholine rings is 1. The summed E-state index contributed by atoms with van der Waals surface area (Å²) in [6.45, 7) is 2.67. The zero-order valence-corrected chi connectivity index (χ0v) is 16.8. The van der Waals surface area contributed by atoms with Gasteiger partial charge in [-0.2, -0.15) is 0 Å². The number of hydrogen-bond donors (Lipinski definition) is 2. The van der Waals surface area contributed by atoms with Gasteiger partial charge in [-0.3, -0.25) is 9.59 Å². The second-order valence-electron chi connectivity index (χ2n) is 6.60. The van der Waals surface area contributed by atoms with Crippen molar-refractivity contribution in [3.8, 4) is 11.5 Å². The third kappa shape index (κ3) is 5.74. The molecule has 8 heteroatoms. The number of benzene rings is 2. The van der Waals surface area contributed by atoms with Gasteiger partial charge in [-0.15, -0.1) is 0 Å². The highest BCUT2D eigenvalue weighted by atomic mass is 16.5. The number of anilines is 2. The lowest BCUT2D eigenvalue weighted by atomic mass is 10.2. The Morgan fingerprint density at radius 3 is 2.67 bits per heavy atom. The fraction of sp³-hybridized carbons (Fsp3) is 0.273. The molecule has 3 N–H and O–H groups in total. The van der Waals surface area contributed by atoms with Gasteiger partial charge in [0, 0.05) is 19.2 Å². The summed E-state index contributed by atoms with van der Waals surface area (Å²) < 4.78 is 16.0. The molecule has 1 fully saturated rings.